The van der Waals surface area contributed by atoms with Gasteiger partial charge >= 0.3 is 0 Å². The second-order valence-corrected chi connectivity index (χ2v) is 7.89. The molecule has 1 saturated heterocycles. The molecule has 0 bridgehead atoms. The van der Waals surface area contributed by atoms with Gasteiger partial charge in [0, 0.05) is 24.8 Å². The van der Waals surface area contributed by atoms with Gasteiger partial charge in [0.15, 0.2) is 17.7 Å². The molecule has 0 saturated carbocycles. The molecule has 1 N–H and O–H groups in total. The molecule has 3 heterocycles. The van der Waals surface area contributed by atoms with Crippen molar-refractivity contribution >= 4 is 20.4 Å². The van der Waals surface area contributed by atoms with Gasteiger partial charge in [0.1, 0.15) is 0 Å². The average Bonchev–Trinajstić information content (AvgIpc) is 2.79. The lowest BCUT2D eigenvalue weighted by molar-refractivity contribution is 0.0847. The van der Waals surface area contributed by atoms with Crippen molar-refractivity contribution in [1.29, 1.82) is 0 Å². The molecule has 8 heteroatoms. The van der Waals surface area contributed by atoms with Gasteiger partial charge in [0.25, 0.3) is 5.91 Å². The van der Waals surface area contributed by atoms with Crippen molar-refractivity contribution in [3.63, 3.8) is 0 Å². The summed E-state index contributed by atoms with van der Waals surface area (Å²) in [4.78, 5) is 35.5. The van der Waals surface area contributed by atoms with E-state index in [4.69, 9.17) is 0 Å². The number of rotatable bonds is 2. The number of amides is 1. The highest BCUT2D eigenvalue weighted by Crippen LogP contribution is 2.56. The summed E-state index contributed by atoms with van der Waals surface area (Å²) in [5.74, 6) is -0.959. The third kappa shape index (κ3) is 2.00. The van der Waals surface area contributed by atoms with E-state index >= 15 is 0 Å². The summed E-state index contributed by atoms with van der Waals surface area (Å²) < 4.78 is 5.61. The molecule has 1 aromatic rings. The van der Waals surface area contributed by atoms with Crippen LogP contribution in [0, 0.1) is 0 Å². The molecule has 3 rings (SSSR count). The summed E-state index contributed by atoms with van der Waals surface area (Å²) in [5.41, 5.74) is -0.915. The van der Waals surface area contributed by atoms with Crippen LogP contribution in [0.2, 0.25) is 0 Å². The number of aldehydes is 1. The molecule has 2 aliphatic heterocycles. The maximum atomic E-state index is 12.7. The van der Waals surface area contributed by atoms with Crippen molar-refractivity contribution in [3.05, 3.63) is 27.7 Å². The molecule has 2 aliphatic rings. The molecule has 1 fully saturated rings. The van der Waals surface area contributed by atoms with Crippen molar-refractivity contribution in [2.24, 2.45) is 0 Å². The minimum atomic E-state index is -0.876. The fourth-order valence-corrected chi connectivity index (χ4v) is 6.08. The summed E-state index contributed by atoms with van der Waals surface area (Å²) in [6, 6.07) is 0.517. The molecular formula is C14H18N3O4P. The van der Waals surface area contributed by atoms with E-state index < -0.39 is 19.4 Å². The van der Waals surface area contributed by atoms with Gasteiger partial charge in [-0.2, -0.15) is 0 Å². The summed E-state index contributed by atoms with van der Waals surface area (Å²) in [7, 11) is -0.876. The Morgan fingerprint density at radius 1 is 1.41 bits per heavy atom. The number of nitrogens with zero attached hydrogens (tertiary/aromatic N) is 3. The molecule has 0 aromatic carbocycles. The number of carbonyl (C=O) groups excluding carboxylic acids is 2. The van der Waals surface area contributed by atoms with Gasteiger partial charge in [-0.3, -0.25) is 19.1 Å². The molecule has 0 aliphatic carbocycles. The number of pyridine rings is 1. The number of fused-ring (bicyclic) bond motifs is 2. The summed E-state index contributed by atoms with van der Waals surface area (Å²) >= 11 is 0. The quantitative estimate of drug-likeness (QED) is 0.653. The van der Waals surface area contributed by atoms with Crippen LogP contribution < -0.4 is 5.43 Å². The van der Waals surface area contributed by atoms with Crippen molar-refractivity contribution < 1.29 is 14.7 Å². The molecule has 7 nitrogen and oxygen atoms in total. The molecule has 1 aromatic heterocycles. The van der Waals surface area contributed by atoms with Crippen molar-refractivity contribution in [2.75, 3.05) is 6.54 Å². The van der Waals surface area contributed by atoms with Crippen LogP contribution in [0.15, 0.2) is 11.0 Å². The van der Waals surface area contributed by atoms with Gasteiger partial charge in [-0.05, 0) is 20.8 Å². The normalized spacial score (nSPS) is 24.5. The van der Waals surface area contributed by atoms with E-state index in [1.807, 2.05) is 0 Å². The van der Waals surface area contributed by atoms with Crippen LogP contribution >= 0.6 is 8.22 Å². The third-order valence-electron chi connectivity index (χ3n) is 4.09. The zero-order valence-corrected chi connectivity index (χ0v) is 13.6. The highest BCUT2D eigenvalue weighted by molar-refractivity contribution is 7.52. The first-order valence-corrected chi connectivity index (χ1v) is 8.59. The molecule has 2 atom stereocenters. The lowest BCUT2D eigenvalue weighted by atomic mass is 10.2. The second kappa shape index (κ2) is 5.18. The molecule has 118 valence electrons. The minimum Gasteiger partial charge on any atom is -0.503 e. The number of hydrogen-bond acceptors (Lipinski definition) is 5. The van der Waals surface area contributed by atoms with Gasteiger partial charge < -0.3 is 14.3 Å². The van der Waals surface area contributed by atoms with Crippen LogP contribution in [-0.4, -0.2) is 49.8 Å². The smallest absolute Gasteiger partial charge is 0.278 e. The van der Waals surface area contributed by atoms with E-state index in [-0.39, 0.29) is 23.2 Å². The zero-order valence-electron chi connectivity index (χ0n) is 12.7. The molecule has 22 heavy (non-hydrogen) atoms. The number of aromatic hydroxyl groups is 1. The first kappa shape index (κ1) is 15.2. The molecule has 1 amide bonds. The maximum absolute atomic E-state index is 12.7. The van der Waals surface area contributed by atoms with Crippen LogP contribution in [0.5, 0.6) is 5.75 Å². The largest absolute Gasteiger partial charge is 0.503 e. The van der Waals surface area contributed by atoms with Crippen LogP contribution in [0.4, 0.5) is 0 Å². The van der Waals surface area contributed by atoms with E-state index in [1.54, 1.807) is 9.24 Å². The topological polar surface area (TPSA) is 82.8 Å². The monoisotopic (exact) mass is 323 g/mol. The predicted molar refractivity (Wildman–Crippen MR) is 82.1 cm³/mol. The first-order chi connectivity index (χ1) is 10.4. The highest BCUT2D eigenvalue weighted by Gasteiger charge is 2.46. The Labute approximate surface area is 129 Å². The molecule has 1 unspecified atom stereocenters. The van der Waals surface area contributed by atoms with E-state index in [0.717, 1.165) is 0 Å². The Kier molecular flexibility index (Phi) is 3.57. The standard InChI is InChI=1S/C14H18N3O4P/c1-8(2)17-9(3)4-16-14(21)11-13(20)12(19)10(6-18)5-15(11)7-22(16)17/h5-6,8-9,20H,4,7H2,1-3H3/t9-,22?/m0/s1. The molecule has 0 radical (unpaired) electrons. The lowest BCUT2D eigenvalue weighted by Gasteiger charge is -2.37. The van der Waals surface area contributed by atoms with Gasteiger partial charge in [-0.25, -0.2) is 0 Å². The van der Waals surface area contributed by atoms with E-state index in [2.05, 4.69) is 25.4 Å². The summed E-state index contributed by atoms with van der Waals surface area (Å²) in [6.45, 7) is 6.83. The van der Waals surface area contributed by atoms with Crippen LogP contribution in [0.25, 0.3) is 0 Å². The second-order valence-electron chi connectivity index (χ2n) is 5.92. The van der Waals surface area contributed by atoms with Crippen LogP contribution in [-0.2, 0) is 6.29 Å². The Morgan fingerprint density at radius 2 is 2.09 bits per heavy atom. The van der Waals surface area contributed by atoms with Gasteiger partial charge in [0.05, 0.1) is 20.1 Å². The van der Waals surface area contributed by atoms with Gasteiger partial charge in [-0.15, -0.1) is 0 Å². The van der Waals surface area contributed by atoms with Crippen molar-refractivity contribution in [1.82, 2.24) is 13.9 Å². The average molecular weight is 323 g/mol. The van der Waals surface area contributed by atoms with Crippen molar-refractivity contribution in [3.8, 4) is 5.75 Å². The number of hydrogen-bond donors (Lipinski definition) is 1. The van der Waals surface area contributed by atoms with Gasteiger partial charge in [0.2, 0.25) is 5.43 Å². The minimum absolute atomic E-state index is 0.00726. The number of carbonyl (C=O) groups is 2. The number of aromatic nitrogens is 1. The van der Waals surface area contributed by atoms with Crippen LogP contribution in [0.3, 0.4) is 0 Å². The lowest BCUT2D eigenvalue weighted by Crippen LogP contribution is -2.36. The molecule has 0 spiro atoms. The Hall–Kier alpha value is -1.72. The maximum Gasteiger partial charge on any atom is 0.278 e. The van der Waals surface area contributed by atoms with E-state index in [9.17, 15) is 19.5 Å². The van der Waals surface area contributed by atoms with Crippen molar-refractivity contribution in [2.45, 2.75) is 39.1 Å². The van der Waals surface area contributed by atoms with E-state index in [0.29, 0.717) is 25.2 Å². The summed E-state index contributed by atoms with van der Waals surface area (Å²) in [5, 5.41) is 10.0. The Morgan fingerprint density at radius 3 is 2.68 bits per heavy atom. The van der Waals surface area contributed by atoms with Crippen LogP contribution in [0.1, 0.15) is 41.6 Å². The Bertz CT molecular complexity index is 715. The Balaban J connectivity index is 2.14. The third-order valence-corrected chi connectivity index (χ3v) is 6.94. The fraction of sp³-hybridized carbons (Fsp3) is 0.500. The SMILES string of the molecule is CC(C)N1[C@@H](C)CN2C(=O)c3c(O)c(=O)c(C=O)cn3CP21. The van der Waals surface area contributed by atoms with Gasteiger partial charge in [-0.1, -0.05) is 0 Å². The molecular weight excluding hydrogens is 305 g/mol. The zero-order chi connectivity index (χ0) is 16.2. The summed E-state index contributed by atoms with van der Waals surface area (Å²) in [6.07, 6.45) is 2.29. The van der Waals surface area contributed by atoms with E-state index in [1.165, 1.54) is 6.20 Å². The predicted octanol–water partition coefficient (Wildman–Crippen LogP) is 1.20. The first-order valence-electron chi connectivity index (χ1n) is 7.16. The fourth-order valence-electron chi connectivity index (χ4n) is 3.24. The highest BCUT2D eigenvalue weighted by atomic mass is 31.1.